The van der Waals surface area contributed by atoms with E-state index >= 15 is 0 Å². The topological polar surface area (TPSA) is 73.1 Å². The zero-order valence-corrected chi connectivity index (χ0v) is 15.1. The number of amides is 1. The molecule has 7 heteroatoms. The van der Waals surface area contributed by atoms with E-state index in [1.54, 1.807) is 19.2 Å². The Bertz CT molecular complexity index is 716. The molecule has 1 heterocycles. The molecule has 2 aromatic rings. The number of nitrogens with zero attached hydrogens (tertiary/aromatic N) is 5. The molecule has 134 valence electrons. The minimum Gasteiger partial charge on any atom is -0.494 e. The first-order valence-electron chi connectivity index (χ1n) is 8.88. The van der Waals surface area contributed by atoms with Crippen molar-refractivity contribution in [3.05, 3.63) is 30.1 Å². The van der Waals surface area contributed by atoms with E-state index in [0.29, 0.717) is 35.5 Å². The fourth-order valence-electron chi connectivity index (χ4n) is 3.73. The van der Waals surface area contributed by atoms with Crippen LogP contribution in [-0.4, -0.2) is 50.7 Å². The third-order valence-electron chi connectivity index (χ3n) is 5.09. The smallest absolute Gasteiger partial charge is 0.254 e. The molecule has 1 saturated carbocycles. The first kappa shape index (κ1) is 17.4. The molecule has 0 saturated heterocycles. The summed E-state index contributed by atoms with van der Waals surface area (Å²) in [5.74, 6) is 1.21. The lowest BCUT2D eigenvalue weighted by atomic mass is 9.84. The SMILES string of the molecule is CCN(C(=O)c1ccc(OC)c(-n2cnnn2)c1)[C@@H]1CCCC[C@H]1C. The summed E-state index contributed by atoms with van der Waals surface area (Å²) in [5.41, 5.74) is 1.29. The normalized spacial score (nSPS) is 20.3. The second-order valence-corrected chi connectivity index (χ2v) is 6.56. The summed E-state index contributed by atoms with van der Waals surface area (Å²) in [7, 11) is 1.59. The number of tetrazole rings is 1. The zero-order valence-electron chi connectivity index (χ0n) is 15.1. The molecular formula is C18H25N5O2. The highest BCUT2D eigenvalue weighted by molar-refractivity contribution is 5.95. The number of aromatic nitrogens is 4. The predicted molar refractivity (Wildman–Crippen MR) is 93.8 cm³/mol. The molecule has 0 bridgehead atoms. The second kappa shape index (κ2) is 7.63. The summed E-state index contributed by atoms with van der Waals surface area (Å²) in [6.45, 7) is 5.01. The Morgan fingerprint density at radius 3 is 2.80 bits per heavy atom. The summed E-state index contributed by atoms with van der Waals surface area (Å²) in [5, 5.41) is 11.2. The van der Waals surface area contributed by atoms with Crippen molar-refractivity contribution in [2.45, 2.75) is 45.6 Å². The van der Waals surface area contributed by atoms with Gasteiger partial charge in [0.15, 0.2) is 0 Å². The minimum atomic E-state index is 0.0539. The Morgan fingerprint density at radius 2 is 2.16 bits per heavy atom. The highest BCUT2D eigenvalue weighted by atomic mass is 16.5. The molecule has 1 aliphatic rings. The molecule has 25 heavy (non-hydrogen) atoms. The molecule has 1 amide bonds. The third kappa shape index (κ3) is 3.50. The van der Waals surface area contributed by atoms with Crippen molar-refractivity contribution < 1.29 is 9.53 Å². The molecule has 1 aromatic heterocycles. The monoisotopic (exact) mass is 343 g/mol. The van der Waals surface area contributed by atoms with Crippen LogP contribution < -0.4 is 4.74 Å². The number of carbonyl (C=O) groups excluding carboxylic acids is 1. The third-order valence-corrected chi connectivity index (χ3v) is 5.09. The van der Waals surface area contributed by atoms with Gasteiger partial charge in [-0.05, 0) is 54.3 Å². The van der Waals surface area contributed by atoms with Crippen molar-refractivity contribution in [2.75, 3.05) is 13.7 Å². The fraction of sp³-hybridized carbons (Fsp3) is 0.556. The van der Waals surface area contributed by atoms with Crippen molar-refractivity contribution in [1.82, 2.24) is 25.1 Å². The van der Waals surface area contributed by atoms with Gasteiger partial charge >= 0.3 is 0 Å². The minimum absolute atomic E-state index is 0.0539. The summed E-state index contributed by atoms with van der Waals surface area (Å²) >= 11 is 0. The molecule has 0 N–H and O–H groups in total. The number of hydrogen-bond acceptors (Lipinski definition) is 5. The molecule has 1 aromatic carbocycles. The molecular weight excluding hydrogens is 318 g/mol. The summed E-state index contributed by atoms with van der Waals surface area (Å²) in [6, 6.07) is 5.71. The van der Waals surface area contributed by atoms with Gasteiger partial charge in [0.2, 0.25) is 0 Å². The Kier molecular flexibility index (Phi) is 5.31. The van der Waals surface area contributed by atoms with Crippen LogP contribution in [0.5, 0.6) is 5.75 Å². The first-order valence-corrected chi connectivity index (χ1v) is 8.88. The lowest BCUT2D eigenvalue weighted by molar-refractivity contribution is 0.0570. The van der Waals surface area contributed by atoms with Crippen molar-refractivity contribution in [3.8, 4) is 11.4 Å². The van der Waals surface area contributed by atoms with E-state index in [0.717, 1.165) is 6.42 Å². The van der Waals surface area contributed by atoms with Crippen LogP contribution in [0, 0.1) is 5.92 Å². The maximum atomic E-state index is 13.2. The first-order chi connectivity index (χ1) is 12.2. The van der Waals surface area contributed by atoms with Gasteiger partial charge in [0.25, 0.3) is 5.91 Å². The molecule has 7 nitrogen and oxygen atoms in total. The Hall–Kier alpha value is -2.44. The van der Waals surface area contributed by atoms with Crippen LogP contribution in [0.15, 0.2) is 24.5 Å². The molecule has 3 rings (SSSR count). The quantitative estimate of drug-likeness (QED) is 0.834. The average Bonchev–Trinajstić information content (AvgIpc) is 3.17. The highest BCUT2D eigenvalue weighted by Crippen LogP contribution is 2.30. The Balaban J connectivity index is 1.92. The van der Waals surface area contributed by atoms with Gasteiger partial charge in [-0.3, -0.25) is 4.79 Å². The van der Waals surface area contributed by atoms with Gasteiger partial charge in [-0.25, -0.2) is 0 Å². The Morgan fingerprint density at radius 1 is 1.36 bits per heavy atom. The summed E-state index contributed by atoms with van der Waals surface area (Å²) in [4.78, 5) is 15.2. The number of hydrogen-bond donors (Lipinski definition) is 0. The van der Waals surface area contributed by atoms with E-state index in [4.69, 9.17) is 4.74 Å². The molecule has 0 unspecified atom stereocenters. The number of ether oxygens (including phenoxy) is 1. The fourth-order valence-corrected chi connectivity index (χ4v) is 3.73. The van der Waals surface area contributed by atoms with Gasteiger partial charge in [0.1, 0.15) is 17.8 Å². The standard InChI is InChI=1S/C18H25N5O2/c1-4-22(15-8-6-5-7-13(15)2)18(24)14-9-10-17(25-3)16(11-14)23-12-19-20-21-23/h9-13,15H,4-8H2,1-3H3/t13-,15-/m1/s1. The van der Waals surface area contributed by atoms with Crippen LogP contribution in [0.3, 0.4) is 0 Å². The molecule has 0 spiro atoms. The van der Waals surface area contributed by atoms with Crippen LogP contribution in [-0.2, 0) is 0 Å². The lowest BCUT2D eigenvalue weighted by Gasteiger charge is -2.38. The van der Waals surface area contributed by atoms with E-state index in [1.807, 2.05) is 17.9 Å². The number of benzene rings is 1. The van der Waals surface area contributed by atoms with Gasteiger partial charge < -0.3 is 9.64 Å². The van der Waals surface area contributed by atoms with E-state index < -0.39 is 0 Å². The number of methoxy groups -OCH3 is 1. The summed E-state index contributed by atoms with van der Waals surface area (Å²) < 4.78 is 6.89. The molecule has 1 aliphatic carbocycles. The number of rotatable bonds is 5. The van der Waals surface area contributed by atoms with Gasteiger partial charge in [-0.2, -0.15) is 4.68 Å². The van der Waals surface area contributed by atoms with Crippen molar-refractivity contribution >= 4 is 5.91 Å². The van der Waals surface area contributed by atoms with Crippen LogP contribution in [0.25, 0.3) is 5.69 Å². The molecule has 0 radical (unpaired) electrons. The van der Waals surface area contributed by atoms with Crippen LogP contribution in [0.2, 0.25) is 0 Å². The molecule has 2 atom stereocenters. The van der Waals surface area contributed by atoms with Gasteiger partial charge in [0.05, 0.1) is 7.11 Å². The largest absolute Gasteiger partial charge is 0.494 e. The Labute approximate surface area is 148 Å². The lowest BCUT2D eigenvalue weighted by Crippen LogP contribution is -2.45. The van der Waals surface area contributed by atoms with Crippen molar-refractivity contribution in [3.63, 3.8) is 0 Å². The van der Waals surface area contributed by atoms with Crippen LogP contribution in [0.1, 0.15) is 49.9 Å². The molecule has 0 aliphatic heterocycles. The van der Waals surface area contributed by atoms with E-state index in [1.165, 1.54) is 30.3 Å². The highest BCUT2D eigenvalue weighted by Gasteiger charge is 2.30. The molecule has 1 fully saturated rings. The van der Waals surface area contributed by atoms with Gasteiger partial charge in [-0.15, -0.1) is 5.10 Å². The van der Waals surface area contributed by atoms with Crippen molar-refractivity contribution in [2.24, 2.45) is 5.92 Å². The van der Waals surface area contributed by atoms with Crippen LogP contribution in [0.4, 0.5) is 0 Å². The van der Waals surface area contributed by atoms with Gasteiger partial charge in [-0.1, -0.05) is 19.8 Å². The van der Waals surface area contributed by atoms with E-state index in [-0.39, 0.29) is 5.91 Å². The number of carbonyl (C=O) groups is 1. The van der Waals surface area contributed by atoms with E-state index in [9.17, 15) is 4.79 Å². The summed E-state index contributed by atoms with van der Waals surface area (Å²) in [6.07, 6.45) is 6.21. The maximum Gasteiger partial charge on any atom is 0.254 e. The van der Waals surface area contributed by atoms with Crippen molar-refractivity contribution in [1.29, 1.82) is 0 Å². The van der Waals surface area contributed by atoms with E-state index in [2.05, 4.69) is 22.4 Å². The zero-order chi connectivity index (χ0) is 17.8. The van der Waals surface area contributed by atoms with Crippen LogP contribution >= 0.6 is 0 Å². The van der Waals surface area contributed by atoms with Gasteiger partial charge in [0, 0.05) is 18.2 Å². The predicted octanol–water partition coefficient (Wildman–Crippen LogP) is 2.71. The second-order valence-electron chi connectivity index (χ2n) is 6.56. The average molecular weight is 343 g/mol. The maximum absolute atomic E-state index is 13.2.